The Labute approximate surface area is 114 Å². The number of hydrogen-bond acceptors (Lipinski definition) is 2. The van der Waals surface area contributed by atoms with Crippen LogP contribution < -0.4 is 0 Å². The van der Waals surface area contributed by atoms with E-state index in [2.05, 4.69) is 45.4 Å². The van der Waals surface area contributed by atoms with Crippen molar-refractivity contribution in [3.63, 3.8) is 0 Å². The molecule has 1 heterocycles. The van der Waals surface area contributed by atoms with E-state index < -0.39 is 0 Å². The molecule has 0 aliphatic heterocycles. The zero-order valence-electron chi connectivity index (χ0n) is 9.77. The van der Waals surface area contributed by atoms with Gasteiger partial charge in [0.2, 0.25) is 0 Å². The van der Waals surface area contributed by atoms with Crippen molar-refractivity contribution in [2.45, 2.75) is 6.42 Å². The van der Waals surface area contributed by atoms with Crippen molar-refractivity contribution in [2.24, 2.45) is 0 Å². The molecule has 3 heteroatoms. The summed E-state index contributed by atoms with van der Waals surface area (Å²) in [6.45, 7) is 0. The quantitative estimate of drug-likeness (QED) is 0.669. The highest BCUT2D eigenvalue weighted by atomic mass is 79.9. The van der Waals surface area contributed by atoms with E-state index in [0.29, 0.717) is 0 Å². The first-order valence-corrected chi connectivity index (χ1v) is 7.00. The van der Waals surface area contributed by atoms with Gasteiger partial charge in [0.1, 0.15) is 5.52 Å². The van der Waals surface area contributed by atoms with Gasteiger partial charge < -0.3 is 4.52 Å². The molecule has 0 saturated heterocycles. The second kappa shape index (κ2) is 4.94. The van der Waals surface area contributed by atoms with Gasteiger partial charge in [-0.15, -0.1) is 0 Å². The van der Waals surface area contributed by atoms with Crippen LogP contribution in [0.3, 0.4) is 0 Å². The molecular weight excluding hydrogens is 290 g/mol. The van der Waals surface area contributed by atoms with Gasteiger partial charge in [0.25, 0.3) is 0 Å². The van der Waals surface area contributed by atoms with E-state index in [1.165, 1.54) is 5.56 Å². The van der Waals surface area contributed by atoms with Crippen LogP contribution in [0.1, 0.15) is 5.56 Å². The van der Waals surface area contributed by atoms with Crippen molar-refractivity contribution in [2.75, 3.05) is 5.33 Å². The molecule has 2 aromatic carbocycles. The number of benzene rings is 2. The van der Waals surface area contributed by atoms with Crippen LogP contribution in [0.5, 0.6) is 0 Å². The molecule has 2 nitrogen and oxygen atoms in total. The van der Waals surface area contributed by atoms with Gasteiger partial charge >= 0.3 is 0 Å². The average molecular weight is 302 g/mol. The molecule has 0 unspecified atom stereocenters. The van der Waals surface area contributed by atoms with E-state index in [4.69, 9.17) is 4.52 Å². The molecule has 90 valence electrons. The minimum Gasteiger partial charge on any atom is -0.355 e. The maximum atomic E-state index is 5.44. The van der Waals surface area contributed by atoms with Crippen LogP contribution in [0.4, 0.5) is 0 Å². The van der Waals surface area contributed by atoms with Gasteiger partial charge in [0.15, 0.2) is 5.76 Å². The predicted octanol–water partition coefficient (Wildman–Crippen LogP) is 4.43. The van der Waals surface area contributed by atoms with Crippen molar-refractivity contribution in [1.82, 2.24) is 5.16 Å². The highest BCUT2D eigenvalue weighted by Crippen LogP contribution is 2.28. The standard InChI is InChI=1S/C15H12BrNO/c16-10-9-11-5-7-12(8-6-11)15-13-3-1-2-4-14(13)17-18-15/h1-8H,9-10H2. The Morgan fingerprint density at radius 1 is 1.00 bits per heavy atom. The Kier molecular flexibility index (Phi) is 3.15. The van der Waals surface area contributed by atoms with Crippen molar-refractivity contribution >= 4 is 26.8 Å². The van der Waals surface area contributed by atoms with Crippen molar-refractivity contribution in [3.8, 4) is 11.3 Å². The molecule has 0 spiro atoms. The van der Waals surface area contributed by atoms with Crippen LogP contribution in [-0.4, -0.2) is 10.5 Å². The second-order valence-corrected chi connectivity index (χ2v) is 4.96. The molecule has 0 aliphatic rings. The Morgan fingerprint density at radius 3 is 2.56 bits per heavy atom. The molecule has 1 aromatic heterocycles. The normalized spacial score (nSPS) is 10.9. The number of aryl methyl sites for hydroxylation is 1. The fraction of sp³-hybridized carbons (Fsp3) is 0.133. The number of nitrogens with zero attached hydrogens (tertiary/aromatic N) is 1. The zero-order valence-corrected chi connectivity index (χ0v) is 11.4. The number of rotatable bonds is 3. The lowest BCUT2D eigenvalue weighted by molar-refractivity contribution is 0.441. The predicted molar refractivity (Wildman–Crippen MR) is 76.9 cm³/mol. The summed E-state index contributed by atoms with van der Waals surface area (Å²) in [6, 6.07) is 16.4. The molecule has 0 N–H and O–H groups in total. The maximum Gasteiger partial charge on any atom is 0.174 e. The third-order valence-corrected chi connectivity index (χ3v) is 3.38. The maximum absolute atomic E-state index is 5.44. The topological polar surface area (TPSA) is 26.0 Å². The summed E-state index contributed by atoms with van der Waals surface area (Å²) in [7, 11) is 0. The van der Waals surface area contributed by atoms with Crippen LogP contribution in [0.15, 0.2) is 53.1 Å². The molecule has 0 radical (unpaired) electrons. The monoisotopic (exact) mass is 301 g/mol. The largest absolute Gasteiger partial charge is 0.355 e. The molecular formula is C15H12BrNO. The number of alkyl halides is 1. The SMILES string of the molecule is BrCCc1ccc(-c2onc3ccccc23)cc1. The summed E-state index contributed by atoms with van der Waals surface area (Å²) < 4.78 is 5.44. The minimum atomic E-state index is 0.844. The van der Waals surface area contributed by atoms with Crippen LogP contribution in [-0.2, 0) is 6.42 Å². The Bertz CT molecular complexity index is 658. The lowest BCUT2D eigenvalue weighted by Crippen LogP contribution is -1.85. The number of halogens is 1. The van der Waals surface area contributed by atoms with Crippen molar-refractivity contribution < 1.29 is 4.52 Å². The Hall–Kier alpha value is -1.61. The molecule has 3 aromatic rings. The summed E-state index contributed by atoms with van der Waals surface area (Å²) in [6.07, 6.45) is 1.04. The van der Waals surface area contributed by atoms with Crippen molar-refractivity contribution in [3.05, 3.63) is 54.1 Å². The Balaban J connectivity index is 2.03. The van der Waals surface area contributed by atoms with Gasteiger partial charge in [-0.3, -0.25) is 0 Å². The fourth-order valence-corrected chi connectivity index (χ4v) is 2.49. The van der Waals surface area contributed by atoms with Gasteiger partial charge in [-0.2, -0.15) is 0 Å². The van der Waals surface area contributed by atoms with E-state index in [9.17, 15) is 0 Å². The van der Waals surface area contributed by atoms with Crippen LogP contribution in [0, 0.1) is 0 Å². The lowest BCUT2D eigenvalue weighted by Gasteiger charge is -2.00. The highest BCUT2D eigenvalue weighted by Gasteiger charge is 2.09. The van der Waals surface area contributed by atoms with Crippen molar-refractivity contribution in [1.29, 1.82) is 0 Å². The highest BCUT2D eigenvalue weighted by molar-refractivity contribution is 9.09. The van der Waals surface area contributed by atoms with E-state index >= 15 is 0 Å². The first kappa shape index (κ1) is 11.5. The summed E-state index contributed by atoms with van der Waals surface area (Å²) >= 11 is 3.45. The van der Waals surface area contributed by atoms with Gasteiger partial charge in [-0.1, -0.05) is 57.5 Å². The van der Waals surface area contributed by atoms with Gasteiger partial charge in [-0.05, 0) is 24.1 Å². The third kappa shape index (κ3) is 2.06. The first-order valence-electron chi connectivity index (χ1n) is 5.88. The fourth-order valence-electron chi connectivity index (χ4n) is 2.03. The van der Waals surface area contributed by atoms with Crippen LogP contribution >= 0.6 is 15.9 Å². The molecule has 3 rings (SSSR count). The summed E-state index contributed by atoms with van der Waals surface area (Å²) in [4.78, 5) is 0. The number of aromatic nitrogens is 1. The van der Waals surface area contributed by atoms with Crippen LogP contribution in [0.25, 0.3) is 22.2 Å². The first-order chi connectivity index (χ1) is 8.88. The molecule has 0 atom stereocenters. The average Bonchev–Trinajstić information content (AvgIpc) is 2.84. The number of hydrogen-bond donors (Lipinski definition) is 0. The summed E-state index contributed by atoms with van der Waals surface area (Å²) in [5, 5.41) is 6.12. The molecule has 0 saturated carbocycles. The number of fused-ring (bicyclic) bond motifs is 1. The molecule has 0 fully saturated rings. The van der Waals surface area contributed by atoms with E-state index in [1.807, 2.05) is 24.3 Å². The van der Waals surface area contributed by atoms with Gasteiger partial charge in [0, 0.05) is 16.3 Å². The molecule has 0 aliphatic carbocycles. The third-order valence-electron chi connectivity index (χ3n) is 2.98. The van der Waals surface area contributed by atoms with Gasteiger partial charge in [-0.25, -0.2) is 0 Å². The second-order valence-electron chi connectivity index (χ2n) is 4.16. The molecule has 18 heavy (non-hydrogen) atoms. The zero-order chi connectivity index (χ0) is 12.4. The molecule has 0 amide bonds. The summed E-state index contributed by atoms with van der Waals surface area (Å²) in [5.74, 6) is 0.844. The van der Waals surface area contributed by atoms with E-state index in [-0.39, 0.29) is 0 Å². The van der Waals surface area contributed by atoms with Gasteiger partial charge in [0.05, 0.1) is 0 Å². The van der Waals surface area contributed by atoms with Crippen LogP contribution in [0.2, 0.25) is 0 Å². The van der Waals surface area contributed by atoms with E-state index in [0.717, 1.165) is 34.0 Å². The lowest BCUT2D eigenvalue weighted by atomic mass is 10.1. The Morgan fingerprint density at radius 2 is 1.78 bits per heavy atom. The smallest absolute Gasteiger partial charge is 0.174 e. The molecule has 0 bridgehead atoms. The minimum absolute atomic E-state index is 0.844. The summed E-state index contributed by atoms with van der Waals surface area (Å²) in [5.41, 5.74) is 3.29. The van der Waals surface area contributed by atoms with E-state index in [1.54, 1.807) is 0 Å².